The quantitative estimate of drug-likeness (QED) is 0.345. The van der Waals surface area contributed by atoms with E-state index in [1.54, 1.807) is 14.2 Å². The number of amides is 1. The molecule has 36 heavy (non-hydrogen) atoms. The number of methoxy groups -OCH3 is 2. The molecule has 3 rings (SSSR count). The summed E-state index contributed by atoms with van der Waals surface area (Å²) in [6, 6.07) is 22.1. The highest BCUT2D eigenvalue weighted by Gasteiger charge is 2.20. The van der Waals surface area contributed by atoms with Gasteiger partial charge in [0.25, 0.3) is 5.91 Å². The van der Waals surface area contributed by atoms with Gasteiger partial charge in [0.1, 0.15) is 17.2 Å². The van der Waals surface area contributed by atoms with Gasteiger partial charge >= 0.3 is 0 Å². The molecule has 0 spiro atoms. The lowest BCUT2D eigenvalue weighted by Crippen LogP contribution is -2.29. The first-order chi connectivity index (χ1) is 17.3. The number of hydrogen-bond donors (Lipinski definition) is 2. The van der Waals surface area contributed by atoms with E-state index in [1.807, 2.05) is 42.5 Å². The Balaban J connectivity index is 1.61. The van der Waals surface area contributed by atoms with Crippen molar-refractivity contribution < 1.29 is 19.0 Å². The molecule has 3 aromatic rings. The second-order valence-electron chi connectivity index (χ2n) is 9.39. The Kier molecular flexibility index (Phi) is 9.77. The molecule has 3 aromatic carbocycles. The number of nitrogens with one attached hydrogen (secondary N) is 2. The third-order valence-corrected chi connectivity index (χ3v) is 5.97. The average molecular weight is 491 g/mol. The topological polar surface area (TPSA) is 68.8 Å². The van der Waals surface area contributed by atoms with E-state index < -0.39 is 0 Å². The minimum Gasteiger partial charge on any atom is -0.497 e. The fourth-order valence-corrected chi connectivity index (χ4v) is 3.93. The molecule has 2 N–H and O–H groups in total. The van der Waals surface area contributed by atoms with Crippen molar-refractivity contribution in [3.05, 3.63) is 89.0 Å². The molecule has 0 fully saturated rings. The van der Waals surface area contributed by atoms with Crippen LogP contribution in [0.1, 0.15) is 61.9 Å². The smallest absolute Gasteiger partial charge is 0.258 e. The number of benzene rings is 3. The van der Waals surface area contributed by atoms with Gasteiger partial charge in [-0.05, 0) is 60.7 Å². The predicted octanol–water partition coefficient (Wildman–Crippen LogP) is 5.61. The maximum absolute atomic E-state index is 12.3. The van der Waals surface area contributed by atoms with Crippen LogP contribution in [0.3, 0.4) is 0 Å². The highest BCUT2D eigenvalue weighted by atomic mass is 16.5. The number of rotatable bonds is 12. The van der Waals surface area contributed by atoms with E-state index >= 15 is 0 Å². The fourth-order valence-electron chi connectivity index (χ4n) is 3.93. The van der Waals surface area contributed by atoms with Crippen LogP contribution in [0.5, 0.6) is 17.2 Å². The van der Waals surface area contributed by atoms with Crippen molar-refractivity contribution in [3.8, 4) is 17.2 Å². The molecule has 0 aromatic heterocycles. The van der Waals surface area contributed by atoms with Crippen molar-refractivity contribution in [1.29, 1.82) is 0 Å². The van der Waals surface area contributed by atoms with Crippen LogP contribution < -0.4 is 24.8 Å². The number of hydrogen-bond acceptors (Lipinski definition) is 5. The van der Waals surface area contributed by atoms with E-state index in [1.165, 1.54) is 5.56 Å². The standard InChI is InChI=1S/C30H38N2O4/c1-20(2)23-9-7-22(8-10-23)18-31-29(33)19-36-25-13-11-24(12-14-25)30(32-21(3)4)27-16-15-26(34-5)17-28(27)35-6/h7-17,20-21,30,32H,18-19H2,1-6H3,(H,31,33). The van der Waals surface area contributed by atoms with E-state index in [2.05, 4.69) is 62.6 Å². The molecule has 1 unspecified atom stereocenters. The molecule has 6 heteroatoms. The average Bonchev–Trinajstić information content (AvgIpc) is 2.89. The van der Waals surface area contributed by atoms with E-state index in [-0.39, 0.29) is 24.6 Å². The number of carbonyl (C=O) groups is 1. The molecule has 6 nitrogen and oxygen atoms in total. The summed E-state index contributed by atoms with van der Waals surface area (Å²) >= 11 is 0. The van der Waals surface area contributed by atoms with Gasteiger partial charge < -0.3 is 24.8 Å². The molecule has 1 amide bonds. The highest BCUT2D eigenvalue weighted by Crippen LogP contribution is 2.34. The normalized spacial score (nSPS) is 11.9. The van der Waals surface area contributed by atoms with Gasteiger partial charge in [-0.3, -0.25) is 4.79 Å². The Morgan fingerprint density at radius 1 is 0.806 bits per heavy atom. The Morgan fingerprint density at radius 3 is 2.03 bits per heavy atom. The van der Waals surface area contributed by atoms with Gasteiger partial charge in [0.2, 0.25) is 0 Å². The van der Waals surface area contributed by atoms with Gasteiger partial charge in [0.15, 0.2) is 6.61 Å². The Morgan fingerprint density at radius 2 is 1.44 bits per heavy atom. The lowest BCUT2D eigenvalue weighted by atomic mass is 9.96. The zero-order chi connectivity index (χ0) is 26.1. The summed E-state index contributed by atoms with van der Waals surface area (Å²) in [6.45, 7) is 8.99. The summed E-state index contributed by atoms with van der Waals surface area (Å²) in [7, 11) is 3.30. The highest BCUT2D eigenvalue weighted by molar-refractivity contribution is 5.77. The second kappa shape index (κ2) is 13.0. The first-order valence-electron chi connectivity index (χ1n) is 12.4. The second-order valence-corrected chi connectivity index (χ2v) is 9.39. The van der Waals surface area contributed by atoms with Crippen LogP contribution in [0.15, 0.2) is 66.7 Å². The third kappa shape index (κ3) is 7.49. The predicted molar refractivity (Wildman–Crippen MR) is 144 cm³/mol. The van der Waals surface area contributed by atoms with Crippen molar-refractivity contribution in [2.45, 2.75) is 52.2 Å². The lowest BCUT2D eigenvalue weighted by Gasteiger charge is -2.24. The first kappa shape index (κ1) is 27.1. The van der Waals surface area contributed by atoms with Gasteiger partial charge in [0, 0.05) is 24.2 Å². The first-order valence-corrected chi connectivity index (χ1v) is 12.4. The number of ether oxygens (including phenoxy) is 3. The zero-order valence-electron chi connectivity index (χ0n) is 22.1. The van der Waals surface area contributed by atoms with E-state index in [9.17, 15) is 4.79 Å². The van der Waals surface area contributed by atoms with Crippen molar-refractivity contribution in [1.82, 2.24) is 10.6 Å². The van der Waals surface area contributed by atoms with Crippen molar-refractivity contribution in [2.24, 2.45) is 0 Å². The maximum Gasteiger partial charge on any atom is 0.258 e. The van der Waals surface area contributed by atoms with Crippen LogP contribution in [0.2, 0.25) is 0 Å². The van der Waals surface area contributed by atoms with Crippen molar-refractivity contribution >= 4 is 5.91 Å². The molecule has 0 bridgehead atoms. The zero-order valence-corrected chi connectivity index (χ0v) is 22.1. The van der Waals surface area contributed by atoms with Crippen LogP contribution in [-0.4, -0.2) is 32.8 Å². The largest absolute Gasteiger partial charge is 0.497 e. The molecule has 0 aliphatic heterocycles. The molecule has 0 heterocycles. The third-order valence-electron chi connectivity index (χ3n) is 5.97. The lowest BCUT2D eigenvalue weighted by molar-refractivity contribution is -0.123. The molecule has 1 atom stereocenters. The summed E-state index contributed by atoms with van der Waals surface area (Å²) in [4.78, 5) is 12.3. The minimum absolute atomic E-state index is 0.0383. The molecular formula is C30H38N2O4. The maximum atomic E-state index is 12.3. The van der Waals surface area contributed by atoms with E-state index in [0.29, 0.717) is 18.2 Å². The summed E-state index contributed by atoms with van der Waals surface area (Å²) < 4.78 is 16.7. The van der Waals surface area contributed by atoms with Gasteiger partial charge in [0.05, 0.1) is 20.3 Å². The molecular weight excluding hydrogens is 452 g/mol. The summed E-state index contributed by atoms with van der Waals surface area (Å²) in [6.07, 6.45) is 0. The molecule has 0 radical (unpaired) electrons. The Labute approximate surface area is 215 Å². The molecule has 0 aliphatic carbocycles. The molecule has 0 saturated heterocycles. The molecule has 0 aliphatic rings. The van der Waals surface area contributed by atoms with Crippen molar-refractivity contribution in [3.63, 3.8) is 0 Å². The number of carbonyl (C=O) groups excluding carboxylic acids is 1. The molecule has 0 saturated carbocycles. The summed E-state index contributed by atoms with van der Waals surface area (Å²) in [5.74, 6) is 2.47. The van der Waals surface area contributed by atoms with Crippen LogP contribution in [0.4, 0.5) is 0 Å². The van der Waals surface area contributed by atoms with Crippen LogP contribution in [-0.2, 0) is 11.3 Å². The van der Waals surface area contributed by atoms with Gasteiger partial charge in [-0.1, -0.05) is 50.2 Å². The van der Waals surface area contributed by atoms with Gasteiger partial charge in [-0.25, -0.2) is 0 Å². The van der Waals surface area contributed by atoms with Crippen LogP contribution in [0, 0.1) is 0 Å². The Hall–Kier alpha value is -3.51. The summed E-state index contributed by atoms with van der Waals surface area (Å²) in [5.41, 5.74) is 4.43. The fraction of sp³-hybridized carbons (Fsp3) is 0.367. The van der Waals surface area contributed by atoms with E-state index in [0.717, 1.165) is 28.2 Å². The monoisotopic (exact) mass is 490 g/mol. The Bertz CT molecular complexity index is 1110. The molecule has 192 valence electrons. The van der Waals surface area contributed by atoms with Crippen molar-refractivity contribution in [2.75, 3.05) is 20.8 Å². The van der Waals surface area contributed by atoms with Gasteiger partial charge in [-0.15, -0.1) is 0 Å². The minimum atomic E-state index is -0.158. The van der Waals surface area contributed by atoms with Gasteiger partial charge in [-0.2, -0.15) is 0 Å². The summed E-state index contributed by atoms with van der Waals surface area (Å²) in [5, 5.41) is 6.52. The van der Waals surface area contributed by atoms with Crippen LogP contribution >= 0.6 is 0 Å². The van der Waals surface area contributed by atoms with E-state index in [4.69, 9.17) is 14.2 Å². The van der Waals surface area contributed by atoms with Crippen LogP contribution in [0.25, 0.3) is 0 Å². The SMILES string of the molecule is COc1ccc(C(NC(C)C)c2ccc(OCC(=O)NCc3ccc(C(C)C)cc3)cc2)c(OC)c1.